The predicted octanol–water partition coefficient (Wildman–Crippen LogP) is 3.11. The highest BCUT2D eigenvalue weighted by atomic mass is 19.4. The average Bonchev–Trinajstić information content (AvgIpc) is 2.29. The van der Waals surface area contributed by atoms with Crippen LogP contribution < -0.4 is 10.1 Å². The maximum absolute atomic E-state index is 13.4. The number of nitrogens with one attached hydrogen (secondary N) is 1. The normalized spacial score (nSPS) is 11.2. The number of hydrogen-bond acceptors (Lipinski definition) is 4. The molecule has 0 heterocycles. The van der Waals surface area contributed by atoms with E-state index in [1.807, 2.05) is 0 Å². The van der Waals surface area contributed by atoms with E-state index in [0.29, 0.717) is 6.07 Å². The molecule has 0 fully saturated rings. The van der Waals surface area contributed by atoms with Crippen molar-refractivity contribution < 1.29 is 27.2 Å². The molecule has 0 spiro atoms. The van der Waals surface area contributed by atoms with Crippen LogP contribution in [0.15, 0.2) is 12.1 Å². The van der Waals surface area contributed by atoms with Crippen molar-refractivity contribution in [2.45, 2.75) is 12.6 Å². The lowest BCUT2D eigenvalue weighted by molar-refractivity contribution is -0.385. The van der Waals surface area contributed by atoms with E-state index in [1.165, 1.54) is 0 Å². The summed E-state index contributed by atoms with van der Waals surface area (Å²) < 4.78 is 53.9. The van der Waals surface area contributed by atoms with Crippen molar-refractivity contribution >= 4 is 11.4 Å². The number of benzene rings is 1. The molecular formula is C10H10F4N2O3. The van der Waals surface area contributed by atoms with Gasteiger partial charge in [-0.1, -0.05) is 0 Å². The van der Waals surface area contributed by atoms with Crippen LogP contribution in [0.2, 0.25) is 0 Å². The highest BCUT2D eigenvalue weighted by Crippen LogP contribution is 2.32. The Hall–Kier alpha value is -2.06. The molecule has 9 heteroatoms. The molecule has 0 aliphatic carbocycles. The van der Waals surface area contributed by atoms with E-state index >= 15 is 0 Å². The van der Waals surface area contributed by atoms with E-state index in [0.717, 1.165) is 13.2 Å². The first-order valence-corrected chi connectivity index (χ1v) is 5.07. The Morgan fingerprint density at radius 2 is 2.05 bits per heavy atom. The molecule has 0 aliphatic rings. The molecule has 0 unspecified atom stereocenters. The monoisotopic (exact) mass is 282 g/mol. The first-order chi connectivity index (χ1) is 8.74. The summed E-state index contributed by atoms with van der Waals surface area (Å²) in [7, 11) is 1.14. The van der Waals surface area contributed by atoms with Gasteiger partial charge in [-0.25, -0.2) is 4.39 Å². The number of methoxy groups -OCH3 is 1. The summed E-state index contributed by atoms with van der Waals surface area (Å²) in [6.07, 6.45) is -5.51. The van der Waals surface area contributed by atoms with Crippen molar-refractivity contribution in [1.29, 1.82) is 0 Å². The summed E-state index contributed by atoms with van der Waals surface area (Å²) in [5.41, 5.74) is -0.881. The smallest absolute Gasteiger partial charge is 0.390 e. The largest absolute Gasteiger partial charge is 0.490 e. The number of alkyl halides is 3. The molecule has 0 aromatic heterocycles. The van der Waals surface area contributed by atoms with E-state index in [-0.39, 0.29) is 11.4 Å². The number of rotatable bonds is 5. The third-order valence-corrected chi connectivity index (χ3v) is 2.19. The Morgan fingerprint density at radius 1 is 1.42 bits per heavy atom. The first kappa shape index (κ1) is 15.0. The van der Waals surface area contributed by atoms with Gasteiger partial charge in [-0.3, -0.25) is 10.1 Å². The van der Waals surface area contributed by atoms with Crippen molar-refractivity contribution in [2.24, 2.45) is 0 Å². The molecule has 19 heavy (non-hydrogen) atoms. The van der Waals surface area contributed by atoms with Crippen LogP contribution in [0.1, 0.15) is 6.42 Å². The third kappa shape index (κ3) is 4.27. The summed E-state index contributed by atoms with van der Waals surface area (Å²) in [6, 6.07) is 1.54. The van der Waals surface area contributed by atoms with E-state index in [4.69, 9.17) is 0 Å². The molecule has 0 aliphatic heterocycles. The van der Waals surface area contributed by atoms with E-state index in [2.05, 4.69) is 10.1 Å². The fourth-order valence-corrected chi connectivity index (χ4v) is 1.32. The van der Waals surface area contributed by atoms with E-state index in [1.54, 1.807) is 0 Å². The van der Waals surface area contributed by atoms with Gasteiger partial charge in [0.05, 0.1) is 30.2 Å². The molecule has 0 atom stereocenters. The Morgan fingerprint density at radius 3 is 2.53 bits per heavy atom. The van der Waals surface area contributed by atoms with Crippen molar-refractivity contribution in [3.63, 3.8) is 0 Å². The Kier molecular flexibility index (Phi) is 4.52. The van der Waals surface area contributed by atoms with Crippen molar-refractivity contribution in [3.8, 4) is 5.75 Å². The van der Waals surface area contributed by atoms with Crippen LogP contribution in [-0.4, -0.2) is 24.8 Å². The summed E-state index contributed by atoms with van der Waals surface area (Å²) in [4.78, 5) is 9.73. The summed E-state index contributed by atoms with van der Waals surface area (Å²) in [5, 5.41) is 12.8. The minimum Gasteiger partial charge on any atom is -0.490 e. The standard InChI is InChI=1S/C10H10F4N2O3/c1-19-9-5-7(15-3-2-10(12,13)14)6(11)4-8(9)16(17)18/h4-5,15H,2-3H2,1H3. The number of anilines is 1. The second kappa shape index (κ2) is 5.72. The molecule has 106 valence electrons. The molecule has 1 rings (SSSR count). The second-order valence-electron chi connectivity index (χ2n) is 3.55. The Bertz CT molecular complexity index is 477. The molecular weight excluding hydrogens is 272 g/mol. The highest BCUT2D eigenvalue weighted by molar-refractivity contribution is 5.59. The maximum Gasteiger partial charge on any atom is 0.390 e. The molecule has 1 aromatic rings. The molecule has 0 amide bonds. The van der Waals surface area contributed by atoms with Gasteiger partial charge in [-0.2, -0.15) is 13.2 Å². The van der Waals surface area contributed by atoms with Gasteiger partial charge in [-0.05, 0) is 0 Å². The van der Waals surface area contributed by atoms with Crippen LogP contribution in [0, 0.1) is 15.9 Å². The quantitative estimate of drug-likeness (QED) is 0.512. The topological polar surface area (TPSA) is 64.4 Å². The summed E-state index contributed by atoms with van der Waals surface area (Å²) in [6.45, 7) is -0.540. The molecule has 0 bridgehead atoms. The van der Waals surface area contributed by atoms with Gasteiger partial charge in [0.25, 0.3) is 0 Å². The average molecular weight is 282 g/mol. The summed E-state index contributed by atoms with van der Waals surface area (Å²) in [5.74, 6) is -1.25. The zero-order chi connectivity index (χ0) is 14.6. The molecule has 0 radical (unpaired) electrons. The molecule has 1 N–H and O–H groups in total. The van der Waals surface area contributed by atoms with Crippen LogP contribution in [0.4, 0.5) is 28.9 Å². The van der Waals surface area contributed by atoms with Gasteiger partial charge >= 0.3 is 11.9 Å². The number of hydrogen-bond donors (Lipinski definition) is 1. The van der Waals surface area contributed by atoms with Crippen LogP contribution >= 0.6 is 0 Å². The fraction of sp³-hybridized carbons (Fsp3) is 0.400. The predicted molar refractivity (Wildman–Crippen MR) is 58.8 cm³/mol. The van der Waals surface area contributed by atoms with Gasteiger partial charge in [0.1, 0.15) is 0 Å². The van der Waals surface area contributed by atoms with Crippen LogP contribution in [0.3, 0.4) is 0 Å². The second-order valence-corrected chi connectivity index (χ2v) is 3.55. The number of halogens is 4. The van der Waals surface area contributed by atoms with Gasteiger partial charge < -0.3 is 10.1 Å². The van der Waals surface area contributed by atoms with Crippen molar-refractivity contribution in [1.82, 2.24) is 0 Å². The van der Waals surface area contributed by atoms with Crippen LogP contribution in [0.5, 0.6) is 5.75 Å². The number of ether oxygens (including phenoxy) is 1. The highest BCUT2D eigenvalue weighted by Gasteiger charge is 2.26. The molecule has 0 saturated carbocycles. The van der Waals surface area contributed by atoms with Gasteiger partial charge in [-0.15, -0.1) is 0 Å². The fourth-order valence-electron chi connectivity index (χ4n) is 1.32. The SMILES string of the molecule is COc1cc(NCCC(F)(F)F)c(F)cc1[N+](=O)[O-]. The van der Waals surface area contributed by atoms with Crippen LogP contribution in [-0.2, 0) is 0 Å². The van der Waals surface area contributed by atoms with Crippen molar-refractivity contribution in [2.75, 3.05) is 19.0 Å². The number of nitro groups is 1. The number of nitro benzene ring substituents is 1. The minimum atomic E-state index is -4.37. The lowest BCUT2D eigenvalue weighted by Crippen LogP contribution is -2.15. The van der Waals surface area contributed by atoms with Crippen molar-refractivity contribution in [3.05, 3.63) is 28.1 Å². The minimum absolute atomic E-state index is 0.235. The Labute approximate surface area is 105 Å². The third-order valence-electron chi connectivity index (χ3n) is 2.19. The zero-order valence-electron chi connectivity index (χ0n) is 9.75. The van der Waals surface area contributed by atoms with Crippen LogP contribution in [0.25, 0.3) is 0 Å². The maximum atomic E-state index is 13.4. The number of nitrogens with zero attached hydrogens (tertiary/aromatic N) is 1. The summed E-state index contributed by atoms with van der Waals surface area (Å²) >= 11 is 0. The van der Waals surface area contributed by atoms with Gasteiger partial charge in [0, 0.05) is 12.6 Å². The zero-order valence-corrected chi connectivity index (χ0v) is 9.75. The van der Waals surface area contributed by atoms with E-state index in [9.17, 15) is 27.7 Å². The Balaban J connectivity index is 2.88. The first-order valence-electron chi connectivity index (χ1n) is 5.07. The molecule has 1 aromatic carbocycles. The molecule has 5 nitrogen and oxygen atoms in total. The lowest BCUT2D eigenvalue weighted by atomic mass is 10.2. The van der Waals surface area contributed by atoms with Gasteiger partial charge in [0.2, 0.25) is 0 Å². The van der Waals surface area contributed by atoms with E-state index < -0.39 is 35.6 Å². The lowest BCUT2D eigenvalue weighted by Gasteiger charge is -2.11. The van der Waals surface area contributed by atoms with Gasteiger partial charge in [0.15, 0.2) is 11.6 Å². The molecule has 0 saturated heterocycles.